The second kappa shape index (κ2) is 8.04. The smallest absolute Gasteiger partial charge is 0.274 e. The normalized spacial score (nSPS) is 10.6. The zero-order chi connectivity index (χ0) is 20.3. The van der Waals surface area contributed by atoms with Gasteiger partial charge in [-0.1, -0.05) is 35.9 Å². The molecule has 28 heavy (non-hydrogen) atoms. The minimum Gasteiger partial charge on any atom is -0.342 e. The molecule has 0 unspecified atom stereocenters. The van der Waals surface area contributed by atoms with Gasteiger partial charge >= 0.3 is 0 Å². The average molecular weight is 377 g/mol. The Morgan fingerprint density at radius 3 is 2.25 bits per heavy atom. The number of hydrogen-bond acceptors (Lipinski definition) is 4. The molecule has 0 saturated carbocycles. The van der Waals surface area contributed by atoms with E-state index in [1.165, 1.54) is 4.80 Å². The Hall–Kier alpha value is -3.48. The lowest BCUT2D eigenvalue weighted by atomic mass is 10.1. The van der Waals surface area contributed by atoms with Crippen molar-refractivity contribution in [3.63, 3.8) is 0 Å². The van der Waals surface area contributed by atoms with Crippen LogP contribution in [0.15, 0.2) is 42.5 Å². The summed E-state index contributed by atoms with van der Waals surface area (Å²) in [6.45, 7) is 7.46. The van der Waals surface area contributed by atoms with Gasteiger partial charge in [0.25, 0.3) is 5.91 Å². The first-order valence-corrected chi connectivity index (χ1v) is 9.00. The number of aryl methyl sites for hydroxylation is 4. The minimum atomic E-state index is -0.438. The van der Waals surface area contributed by atoms with Gasteiger partial charge in [-0.05, 0) is 51.0 Å². The van der Waals surface area contributed by atoms with Crippen molar-refractivity contribution in [2.75, 3.05) is 11.9 Å². The molecule has 3 rings (SSSR count). The number of carbonyl (C=O) groups is 2. The largest absolute Gasteiger partial charge is 0.342 e. The Balaban J connectivity index is 1.65. The summed E-state index contributed by atoms with van der Waals surface area (Å²) >= 11 is 0. The molecule has 7 nitrogen and oxygen atoms in total. The summed E-state index contributed by atoms with van der Waals surface area (Å²) in [5, 5.41) is 14.0. The molecule has 0 aliphatic heterocycles. The summed E-state index contributed by atoms with van der Waals surface area (Å²) in [5.41, 5.74) is 5.33. The molecule has 144 valence electrons. The molecule has 0 radical (unpaired) electrons. The van der Waals surface area contributed by atoms with E-state index < -0.39 is 5.91 Å². The van der Waals surface area contributed by atoms with E-state index in [0.29, 0.717) is 5.69 Å². The lowest BCUT2D eigenvalue weighted by molar-refractivity contribution is -0.115. The highest BCUT2D eigenvalue weighted by Crippen LogP contribution is 2.21. The first kappa shape index (κ1) is 19.3. The zero-order valence-electron chi connectivity index (χ0n) is 16.4. The Morgan fingerprint density at radius 2 is 1.61 bits per heavy atom. The number of carbonyl (C=O) groups excluding carboxylic acids is 2. The number of amides is 2. The lowest BCUT2D eigenvalue weighted by Crippen LogP contribution is -2.33. The second-order valence-electron chi connectivity index (χ2n) is 6.76. The van der Waals surface area contributed by atoms with Crippen LogP contribution in [0.1, 0.15) is 32.9 Å². The van der Waals surface area contributed by atoms with Crippen molar-refractivity contribution >= 4 is 17.5 Å². The lowest BCUT2D eigenvalue weighted by Gasteiger charge is -2.13. The van der Waals surface area contributed by atoms with E-state index in [4.69, 9.17) is 0 Å². The minimum absolute atomic E-state index is 0.150. The van der Waals surface area contributed by atoms with E-state index in [1.54, 1.807) is 6.92 Å². The molecule has 1 aromatic heterocycles. The van der Waals surface area contributed by atoms with Crippen LogP contribution < -0.4 is 10.6 Å². The van der Waals surface area contributed by atoms with Gasteiger partial charge in [-0.2, -0.15) is 9.90 Å². The van der Waals surface area contributed by atoms with E-state index in [1.807, 2.05) is 63.2 Å². The van der Waals surface area contributed by atoms with Gasteiger partial charge in [0.15, 0.2) is 5.69 Å². The van der Waals surface area contributed by atoms with Crippen LogP contribution in [-0.4, -0.2) is 33.4 Å². The van der Waals surface area contributed by atoms with Crippen molar-refractivity contribution in [2.24, 2.45) is 0 Å². The van der Waals surface area contributed by atoms with E-state index in [9.17, 15) is 9.59 Å². The Morgan fingerprint density at radius 1 is 0.964 bits per heavy atom. The van der Waals surface area contributed by atoms with Crippen molar-refractivity contribution in [1.29, 1.82) is 0 Å². The third-order valence-corrected chi connectivity index (χ3v) is 4.34. The highest BCUT2D eigenvalue weighted by Gasteiger charge is 2.17. The molecule has 0 spiro atoms. The summed E-state index contributed by atoms with van der Waals surface area (Å²) in [6.07, 6.45) is 0. The second-order valence-corrected chi connectivity index (χ2v) is 6.76. The molecule has 1 heterocycles. The van der Waals surface area contributed by atoms with Crippen molar-refractivity contribution in [1.82, 2.24) is 20.3 Å². The van der Waals surface area contributed by atoms with Crippen LogP contribution >= 0.6 is 0 Å². The van der Waals surface area contributed by atoms with Crippen LogP contribution in [0, 0.1) is 27.7 Å². The molecular weight excluding hydrogens is 354 g/mol. The first-order chi connectivity index (χ1) is 13.3. The first-order valence-electron chi connectivity index (χ1n) is 9.00. The molecule has 0 atom stereocenters. The highest BCUT2D eigenvalue weighted by molar-refractivity contribution is 5.99. The van der Waals surface area contributed by atoms with E-state index >= 15 is 0 Å². The maximum atomic E-state index is 12.4. The number of nitrogens with zero attached hydrogens (tertiary/aromatic N) is 3. The summed E-state index contributed by atoms with van der Waals surface area (Å²) < 4.78 is 0. The number of hydrogen-bond donors (Lipinski definition) is 2. The molecule has 0 aliphatic carbocycles. The topological polar surface area (TPSA) is 88.9 Å². The van der Waals surface area contributed by atoms with Crippen LogP contribution in [0.4, 0.5) is 5.69 Å². The molecule has 0 fully saturated rings. The molecule has 7 heteroatoms. The Labute approximate surface area is 163 Å². The standard InChI is InChI=1S/C21H23N5O2/c1-13-10-14(2)19(15(3)11-13)23-18(27)12-22-21(28)20-16(4)24-26(25-20)17-8-6-5-7-9-17/h5-11H,12H2,1-4H3,(H,22,28)(H,23,27). The van der Waals surface area contributed by atoms with Gasteiger partial charge in [0.05, 0.1) is 17.9 Å². The maximum Gasteiger partial charge on any atom is 0.274 e. The fraction of sp³-hybridized carbons (Fsp3) is 0.238. The Bertz CT molecular complexity index is 1000. The summed E-state index contributed by atoms with van der Waals surface area (Å²) in [5.74, 6) is -0.733. The van der Waals surface area contributed by atoms with Crippen LogP contribution in [-0.2, 0) is 4.79 Å². The monoisotopic (exact) mass is 377 g/mol. The third kappa shape index (κ3) is 4.25. The van der Waals surface area contributed by atoms with E-state index in [2.05, 4.69) is 20.8 Å². The van der Waals surface area contributed by atoms with Crippen LogP contribution in [0.25, 0.3) is 5.69 Å². The molecule has 3 aromatic rings. The van der Waals surface area contributed by atoms with Crippen molar-refractivity contribution in [2.45, 2.75) is 27.7 Å². The van der Waals surface area contributed by atoms with Gasteiger partial charge in [-0.3, -0.25) is 9.59 Å². The third-order valence-electron chi connectivity index (χ3n) is 4.34. The molecular formula is C21H23N5O2. The summed E-state index contributed by atoms with van der Waals surface area (Å²) in [4.78, 5) is 26.1. The van der Waals surface area contributed by atoms with Gasteiger partial charge in [-0.25, -0.2) is 0 Å². The zero-order valence-corrected chi connectivity index (χ0v) is 16.4. The van der Waals surface area contributed by atoms with Gasteiger partial charge in [0.1, 0.15) is 0 Å². The fourth-order valence-electron chi connectivity index (χ4n) is 3.07. The fourth-order valence-corrected chi connectivity index (χ4v) is 3.07. The molecule has 0 bridgehead atoms. The Kier molecular flexibility index (Phi) is 5.54. The highest BCUT2D eigenvalue weighted by atomic mass is 16.2. The number of nitrogens with one attached hydrogen (secondary N) is 2. The predicted octanol–water partition coefficient (Wildman–Crippen LogP) is 2.87. The molecule has 0 aliphatic rings. The SMILES string of the molecule is Cc1cc(C)c(NC(=O)CNC(=O)c2nn(-c3ccccc3)nc2C)c(C)c1. The van der Waals surface area contributed by atoms with E-state index in [0.717, 1.165) is 28.1 Å². The van der Waals surface area contributed by atoms with Crippen molar-refractivity contribution < 1.29 is 9.59 Å². The molecule has 2 aromatic carbocycles. The number of rotatable bonds is 5. The van der Waals surface area contributed by atoms with Gasteiger partial charge in [-0.15, -0.1) is 5.10 Å². The van der Waals surface area contributed by atoms with Crippen molar-refractivity contribution in [3.8, 4) is 5.69 Å². The molecule has 2 amide bonds. The average Bonchev–Trinajstić information content (AvgIpc) is 3.05. The van der Waals surface area contributed by atoms with E-state index in [-0.39, 0.29) is 18.1 Å². The number of aromatic nitrogens is 3. The quantitative estimate of drug-likeness (QED) is 0.716. The van der Waals surface area contributed by atoms with Gasteiger partial charge in [0, 0.05) is 5.69 Å². The van der Waals surface area contributed by atoms with Gasteiger partial charge < -0.3 is 10.6 Å². The number of benzene rings is 2. The maximum absolute atomic E-state index is 12.4. The van der Waals surface area contributed by atoms with Gasteiger partial charge in [0.2, 0.25) is 5.91 Å². The summed E-state index contributed by atoms with van der Waals surface area (Å²) in [6, 6.07) is 13.3. The summed E-state index contributed by atoms with van der Waals surface area (Å²) in [7, 11) is 0. The molecule has 0 saturated heterocycles. The van der Waals surface area contributed by atoms with Crippen LogP contribution in [0.3, 0.4) is 0 Å². The predicted molar refractivity (Wildman–Crippen MR) is 108 cm³/mol. The molecule has 2 N–H and O–H groups in total. The number of para-hydroxylation sites is 1. The van der Waals surface area contributed by atoms with Crippen molar-refractivity contribution in [3.05, 3.63) is 70.5 Å². The van der Waals surface area contributed by atoms with Crippen LogP contribution in [0.5, 0.6) is 0 Å². The number of anilines is 1. The van der Waals surface area contributed by atoms with Crippen LogP contribution in [0.2, 0.25) is 0 Å².